The zero-order valence-corrected chi connectivity index (χ0v) is 14.4. The van der Waals surface area contributed by atoms with Crippen LogP contribution in [0.25, 0.3) is 10.9 Å². The summed E-state index contributed by atoms with van der Waals surface area (Å²) in [7, 11) is 1.35. The summed E-state index contributed by atoms with van der Waals surface area (Å²) >= 11 is 0. The third kappa shape index (κ3) is 4.03. The van der Waals surface area contributed by atoms with Crippen LogP contribution in [0.5, 0.6) is 0 Å². The molecule has 3 rings (SSSR count). The number of ether oxygens (including phenoxy) is 1. The molecular formula is C19H20N2O4. The Bertz CT molecular complexity index is 882. The Kier molecular flexibility index (Phi) is 5.89. The summed E-state index contributed by atoms with van der Waals surface area (Å²) in [6.07, 6.45) is 1.92. The highest BCUT2D eigenvalue weighted by atomic mass is 16.6. The number of nitrogens with zero attached hydrogens (tertiary/aromatic N) is 2. The van der Waals surface area contributed by atoms with Gasteiger partial charge in [-0.15, -0.1) is 0 Å². The molecule has 1 aromatic heterocycles. The topological polar surface area (TPSA) is 74.4 Å². The second-order valence-corrected chi connectivity index (χ2v) is 5.13. The van der Waals surface area contributed by atoms with Crippen molar-refractivity contribution in [2.24, 2.45) is 0 Å². The summed E-state index contributed by atoms with van der Waals surface area (Å²) in [6, 6.07) is 13.8. The zero-order chi connectivity index (χ0) is 18.4. The number of benzene rings is 2. The van der Waals surface area contributed by atoms with Gasteiger partial charge in [-0.3, -0.25) is 10.1 Å². The lowest BCUT2D eigenvalue weighted by molar-refractivity contribution is -0.384. The molecule has 0 saturated carbocycles. The molecule has 0 radical (unpaired) electrons. The van der Waals surface area contributed by atoms with E-state index in [9.17, 15) is 14.9 Å². The zero-order valence-electron chi connectivity index (χ0n) is 14.4. The Morgan fingerprint density at radius 2 is 1.80 bits per heavy atom. The van der Waals surface area contributed by atoms with Crippen LogP contribution in [0, 0.1) is 10.1 Å². The molecule has 0 saturated heterocycles. The second kappa shape index (κ2) is 8.10. The molecule has 6 nitrogen and oxygen atoms in total. The first kappa shape index (κ1) is 18.2. The Labute approximate surface area is 145 Å². The van der Waals surface area contributed by atoms with E-state index in [2.05, 4.69) is 0 Å². The van der Waals surface area contributed by atoms with Gasteiger partial charge in [0.1, 0.15) is 0 Å². The number of esters is 1. The van der Waals surface area contributed by atoms with E-state index in [1.165, 1.54) is 19.2 Å². The molecular weight excluding hydrogens is 320 g/mol. The molecule has 130 valence electrons. The molecule has 0 aliphatic heterocycles. The molecule has 6 heteroatoms. The van der Waals surface area contributed by atoms with Crippen LogP contribution in [0.1, 0.15) is 29.8 Å². The lowest BCUT2D eigenvalue weighted by atomic mass is 10.1. The van der Waals surface area contributed by atoms with E-state index in [-0.39, 0.29) is 11.7 Å². The number of carbonyl (C=O) groups excluding carboxylic acids is 1. The molecule has 0 unspecified atom stereocenters. The van der Waals surface area contributed by atoms with Gasteiger partial charge in [0.05, 0.1) is 17.6 Å². The average molecular weight is 340 g/mol. The predicted octanol–water partition coefficient (Wildman–Crippen LogP) is 4.41. The first-order valence-corrected chi connectivity index (χ1v) is 7.99. The maximum absolute atomic E-state index is 11.7. The summed E-state index contributed by atoms with van der Waals surface area (Å²) in [5.74, 6) is -0.380. The van der Waals surface area contributed by atoms with Crippen LogP contribution < -0.4 is 0 Å². The largest absolute Gasteiger partial charge is 0.465 e. The van der Waals surface area contributed by atoms with Gasteiger partial charge >= 0.3 is 5.97 Å². The number of hydrogen-bond donors (Lipinski definition) is 0. The summed E-state index contributed by atoms with van der Waals surface area (Å²) in [5, 5.41) is 11.7. The van der Waals surface area contributed by atoms with E-state index in [0.29, 0.717) is 12.1 Å². The van der Waals surface area contributed by atoms with E-state index in [1.54, 1.807) is 24.3 Å². The monoisotopic (exact) mass is 340 g/mol. The number of rotatable bonds is 4. The third-order valence-corrected chi connectivity index (χ3v) is 3.70. The average Bonchev–Trinajstić information content (AvgIpc) is 3.05. The van der Waals surface area contributed by atoms with Gasteiger partial charge in [-0.25, -0.2) is 4.79 Å². The molecule has 0 spiro atoms. The number of non-ortho nitro benzene ring substituents is 1. The molecule has 0 aliphatic rings. The van der Waals surface area contributed by atoms with Gasteiger partial charge in [0, 0.05) is 30.4 Å². The van der Waals surface area contributed by atoms with E-state index in [1.807, 2.05) is 36.7 Å². The van der Waals surface area contributed by atoms with Crippen LogP contribution in [-0.2, 0) is 11.3 Å². The van der Waals surface area contributed by atoms with Crippen molar-refractivity contribution >= 4 is 22.6 Å². The van der Waals surface area contributed by atoms with Crippen molar-refractivity contribution in [3.8, 4) is 0 Å². The van der Waals surface area contributed by atoms with Crippen LogP contribution in [-0.4, -0.2) is 22.6 Å². The Morgan fingerprint density at radius 3 is 2.40 bits per heavy atom. The van der Waals surface area contributed by atoms with Crippen LogP contribution in [0.4, 0.5) is 5.69 Å². The van der Waals surface area contributed by atoms with Crippen molar-refractivity contribution in [1.82, 2.24) is 4.57 Å². The molecule has 3 aromatic rings. The highest BCUT2D eigenvalue weighted by Crippen LogP contribution is 2.20. The molecule has 0 amide bonds. The van der Waals surface area contributed by atoms with Gasteiger partial charge in [0.2, 0.25) is 0 Å². The van der Waals surface area contributed by atoms with Gasteiger partial charge in [0.25, 0.3) is 5.69 Å². The lowest BCUT2D eigenvalue weighted by Crippen LogP contribution is -2.02. The first-order chi connectivity index (χ1) is 12.1. The standard InChI is InChI=1S/C17H14N2O4.C2H6/c1-23-17(20)14-5-4-13-8-9-18(16(13)10-14)11-12-2-6-15(7-3-12)19(21)22;1-2/h2-10H,11H2,1H3;1-2H3. The molecule has 0 N–H and O–H groups in total. The van der Waals surface area contributed by atoms with Crippen LogP contribution in [0.15, 0.2) is 54.7 Å². The molecule has 25 heavy (non-hydrogen) atoms. The number of nitro benzene ring substituents is 1. The summed E-state index contributed by atoms with van der Waals surface area (Å²) < 4.78 is 6.73. The third-order valence-electron chi connectivity index (χ3n) is 3.70. The fourth-order valence-corrected chi connectivity index (χ4v) is 2.49. The molecule has 1 heterocycles. The number of carbonyl (C=O) groups is 1. The Morgan fingerprint density at radius 1 is 1.12 bits per heavy atom. The van der Waals surface area contributed by atoms with Crippen molar-refractivity contribution < 1.29 is 14.5 Å². The van der Waals surface area contributed by atoms with Crippen molar-refractivity contribution in [3.05, 3.63) is 76.0 Å². The Balaban J connectivity index is 0.00000109. The second-order valence-electron chi connectivity index (χ2n) is 5.13. The van der Waals surface area contributed by atoms with Crippen LogP contribution in [0.2, 0.25) is 0 Å². The van der Waals surface area contributed by atoms with Gasteiger partial charge in [0.15, 0.2) is 0 Å². The smallest absolute Gasteiger partial charge is 0.337 e. The van der Waals surface area contributed by atoms with E-state index < -0.39 is 4.92 Å². The molecule has 2 aromatic carbocycles. The summed E-state index contributed by atoms with van der Waals surface area (Å²) in [4.78, 5) is 21.9. The Hall–Kier alpha value is -3.15. The fraction of sp³-hybridized carbons (Fsp3) is 0.211. The highest BCUT2D eigenvalue weighted by molar-refractivity contribution is 5.94. The van der Waals surface area contributed by atoms with Gasteiger partial charge in [-0.1, -0.05) is 32.0 Å². The number of hydrogen-bond acceptors (Lipinski definition) is 4. The van der Waals surface area contributed by atoms with Gasteiger partial charge in [-0.2, -0.15) is 0 Å². The van der Waals surface area contributed by atoms with Gasteiger partial charge < -0.3 is 9.30 Å². The van der Waals surface area contributed by atoms with Gasteiger partial charge in [-0.05, 0) is 29.1 Å². The summed E-state index contributed by atoms with van der Waals surface area (Å²) in [6.45, 7) is 4.56. The fourth-order valence-electron chi connectivity index (χ4n) is 2.49. The molecule has 0 atom stereocenters. The lowest BCUT2D eigenvalue weighted by Gasteiger charge is -2.07. The minimum absolute atomic E-state index is 0.0686. The van der Waals surface area contributed by atoms with E-state index in [4.69, 9.17) is 4.74 Å². The van der Waals surface area contributed by atoms with Crippen molar-refractivity contribution in [2.45, 2.75) is 20.4 Å². The minimum Gasteiger partial charge on any atom is -0.465 e. The van der Waals surface area contributed by atoms with E-state index >= 15 is 0 Å². The van der Waals surface area contributed by atoms with Crippen LogP contribution >= 0.6 is 0 Å². The molecule has 0 fully saturated rings. The number of nitro groups is 1. The molecule has 0 bridgehead atoms. The van der Waals surface area contributed by atoms with Crippen molar-refractivity contribution in [3.63, 3.8) is 0 Å². The minimum atomic E-state index is -0.419. The first-order valence-electron chi connectivity index (χ1n) is 7.99. The normalized spacial score (nSPS) is 10.0. The maximum atomic E-state index is 11.7. The van der Waals surface area contributed by atoms with Crippen molar-refractivity contribution in [2.75, 3.05) is 7.11 Å². The van der Waals surface area contributed by atoms with E-state index in [0.717, 1.165) is 16.5 Å². The SMILES string of the molecule is CC.COC(=O)c1ccc2ccn(Cc3ccc([N+](=O)[O-])cc3)c2c1. The predicted molar refractivity (Wildman–Crippen MR) is 96.8 cm³/mol. The van der Waals surface area contributed by atoms with Crippen LogP contribution in [0.3, 0.4) is 0 Å². The highest BCUT2D eigenvalue weighted by Gasteiger charge is 2.09. The summed E-state index contributed by atoms with van der Waals surface area (Å²) in [5.41, 5.74) is 2.41. The number of fused-ring (bicyclic) bond motifs is 1. The number of methoxy groups -OCH3 is 1. The number of aromatic nitrogens is 1. The van der Waals surface area contributed by atoms with Crippen molar-refractivity contribution in [1.29, 1.82) is 0 Å². The molecule has 0 aliphatic carbocycles. The maximum Gasteiger partial charge on any atom is 0.337 e. The quantitative estimate of drug-likeness (QED) is 0.400.